The number of amides is 2. The third-order valence-electron chi connectivity index (χ3n) is 9.49. The lowest BCUT2D eigenvalue weighted by molar-refractivity contribution is -0.118. The fourth-order valence-corrected chi connectivity index (χ4v) is 7.94. The molecule has 0 aromatic rings. The van der Waals surface area contributed by atoms with Crippen molar-refractivity contribution in [1.29, 1.82) is 0 Å². The van der Waals surface area contributed by atoms with E-state index in [4.69, 9.17) is 0 Å². The van der Waals surface area contributed by atoms with Crippen LogP contribution in [0, 0.1) is 35.5 Å². The number of carbonyl (C=O) groups excluding carboxylic acids is 3. The van der Waals surface area contributed by atoms with Gasteiger partial charge in [0.05, 0.1) is 12.6 Å². The first-order valence-corrected chi connectivity index (χ1v) is 13.6. The number of fused-ring (bicyclic) bond motifs is 7. The van der Waals surface area contributed by atoms with Crippen molar-refractivity contribution in [2.45, 2.75) is 64.3 Å². The number of aliphatic hydroxyl groups is 2. The third kappa shape index (κ3) is 4.47. The molecule has 7 atom stereocenters. The summed E-state index contributed by atoms with van der Waals surface area (Å²) in [5.41, 5.74) is 2.56. The van der Waals surface area contributed by atoms with Crippen LogP contribution in [0.3, 0.4) is 0 Å². The second-order valence-electron chi connectivity index (χ2n) is 11.2. The van der Waals surface area contributed by atoms with Gasteiger partial charge in [-0.05, 0) is 105 Å². The lowest BCUT2D eigenvalue weighted by Crippen LogP contribution is -2.33. The predicted octanol–water partition coefficient (Wildman–Crippen LogP) is 3.28. The van der Waals surface area contributed by atoms with Crippen molar-refractivity contribution in [3.63, 3.8) is 0 Å². The first-order chi connectivity index (χ1) is 17.4. The lowest BCUT2D eigenvalue weighted by atomic mass is 9.64. The molecule has 0 radical (unpaired) electrons. The van der Waals surface area contributed by atoms with Crippen molar-refractivity contribution in [1.82, 2.24) is 10.6 Å². The van der Waals surface area contributed by atoms with Gasteiger partial charge in [0.15, 0.2) is 5.78 Å². The van der Waals surface area contributed by atoms with Crippen LogP contribution in [-0.2, 0) is 14.4 Å². The molecule has 5 aliphatic rings. The van der Waals surface area contributed by atoms with Crippen molar-refractivity contribution in [3.05, 3.63) is 46.8 Å². The summed E-state index contributed by atoms with van der Waals surface area (Å²) in [6, 6.07) is -0.661. The number of hydrogen-bond acceptors (Lipinski definition) is 5. The molecule has 7 nitrogen and oxygen atoms in total. The summed E-state index contributed by atoms with van der Waals surface area (Å²) < 4.78 is 0. The molecule has 3 aliphatic carbocycles. The van der Waals surface area contributed by atoms with Crippen LogP contribution in [0.1, 0.15) is 58.3 Å². The zero-order valence-corrected chi connectivity index (χ0v) is 21.0. The molecule has 2 amide bonds. The quantitative estimate of drug-likeness (QED) is 0.347. The Morgan fingerprint density at radius 3 is 2.67 bits per heavy atom. The average molecular weight is 495 g/mol. The summed E-state index contributed by atoms with van der Waals surface area (Å²) in [6.45, 7) is 2.76. The smallest absolute Gasteiger partial charge is 0.259 e. The molecule has 7 heteroatoms. The fourth-order valence-electron chi connectivity index (χ4n) is 7.94. The van der Waals surface area contributed by atoms with Gasteiger partial charge in [-0.2, -0.15) is 0 Å². The summed E-state index contributed by atoms with van der Waals surface area (Å²) in [5, 5.41) is 26.4. The molecule has 7 unspecified atom stereocenters. The molecule has 4 N–H and O–H groups in total. The van der Waals surface area contributed by atoms with Crippen LogP contribution in [0.5, 0.6) is 0 Å². The Bertz CT molecular complexity index is 1050. The summed E-state index contributed by atoms with van der Waals surface area (Å²) in [6.07, 6.45) is 14.1. The van der Waals surface area contributed by atoms with E-state index in [1.54, 1.807) is 12.2 Å². The van der Waals surface area contributed by atoms with Crippen molar-refractivity contribution in [2.24, 2.45) is 35.5 Å². The van der Waals surface area contributed by atoms with Gasteiger partial charge in [-0.15, -0.1) is 0 Å². The first-order valence-electron chi connectivity index (χ1n) is 13.6. The molecular formula is C29H38N2O5. The zero-order chi connectivity index (χ0) is 25.4. The van der Waals surface area contributed by atoms with Crippen molar-refractivity contribution in [2.75, 3.05) is 13.2 Å². The van der Waals surface area contributed by atoms with Gasteiger partial charge in [0.1, 0.15) is 11.3 Å². The van der Waals surface area contributed by atoms with Crippen LogP contribution in [-0.4, -0.2) is 47.0 Å². The van der Waals surface area contributed by atoms with Gasteiger partial charge in [-0.1, -0.05) is 24.6 Å². The molecule has 0 spiro atoms. The second-order valence-corrected chi connectivity index (χ2v) is 11.2. The molecule has 1 saturated heterocycles. The van der Waals surface area contributed by atoms with Crippen LogP contribution in [0.25, 0.3) is 0 Å². The number of aliphatic hydroxyl groups excluding tert-OH is 2. The van der Waals surface area contributed by atoms with E-state index in [-0.39, 0.29) is 35.5 Å². The van der Waals surface area contributed by atoms with E-state index in [1.165, 1.54) is 11.1 Å². The van der Waals surface area contributed by atoms with Gasteiger partial charge < -0.3 is 20.8 Å². The number of Topliss-reactive ketones (excluding diaryl/α,β-unsaturated/α-hetero) is 1. The number of ketones is 1. The standard InChI is InChI=1S/C29H38N2O5/c1-2-16-13-18-14-21-19-5-3-7-25(34)30-12-4-6-23-28(35)27(29(36)31-23)24(33)11-9-17(19)8-10-20(21)26(18)22(16)15-32/h3,7,9,11,17-21,23,26,32-33H,2,4-6,8,10,12-15H2,1H3,(H,30,34)(H,31,36). The van der Waals surface area contributed by atoms with Gasteiger partial charge in [-0.3, -0.25) is 14.4 Å². The molecule has 2 aliphatic heterocycles. The molecule has 0 aromatic carbocycles. The summed E-state index contributed by atoms with van der Waals surface area (Å²) >= 11 is 0. The average Bonchev–Trinajstić information content (AvgIpc) is 3.49. The lowest BCUT2D eigenvalue weighted by Gasteiger charge is -2.41. The van der Waals surface area contributed by atoms with E-state index in [2.05, 4.69) is 17.6 Å². The van der Waals surface area contributed by atoms with E-state index in [0.717, 1.165) is 38.5 Å². The minimum atomic E-state index is -0.661. The molecule has 5 rings (SSSR count). The van der Waals surface area contributed by atoms with E-state index >= 15 is 0 Å². The molecule has 36 heavy (non-hydrogen) atoms. The van der Waals surface area contributed by atoms with Crippen molar-refractivity contribution < 1.29 is 24.6 Å². The molecule has 194 valence electrons. The number of hydrogen-bond donors (Lipinski definition) is 4. The highest BCUT2D eigenvalue weighted by Crippen LogP contribution is 2.60. The molecule has 0 aromatic heterocycles. The Morgan fingerprint density at radius 2 is 1.89 bits per heavy atom. The number of allylic oxidation sites excluding steroid dienone is 4. The topological polar surface area (TPSA) is 116 Å². The monoisotopic (exact) mass is 494 g/mol. The first kappa shape index (κ1) is 25.0. The van der Waals surface area contributed by atoms with E-state index in [1.807, 2.05) is 12.2 Å². The van der Waals surface area contributed by atoms with Crippen LogP contribution in [0.4, 0.5) is 0 Å². The highest BCUT2D eigenvalue weighted by Gasteiger charge is 2.52. The van der Waals surface area contributed by atoms with E-state index in [9.17, 15) is 24.6 Å². The third-order valence-corrected chi connectivity index (χ3v) is 9.49. The Labute approximate surface area is 212 Å². The molecule has 2 bridgehead atoms. The molecule has 2 saturated carbocycles. The van der Waals surface area contributed by atoms with Crippen LogP contribution >= 0.6 is 0 Å². The number of rotatable bonds is 2. The Hall–Kier alpha value is -2.67. The number of nitrogens with one attached hydrogen (secondary N) is 2. The maximum absolute atomic E-state index is 12.8. The largest absolute Gasteiger partial charge is 0.507 e. The summed E-state index contributed by atoms with van der Waals surface area (Å²) in [4.78, 5) is 37.6. The Kier molecular flexibility index (Phi) is 7.20. The minimum absolute atomic E-state index is 0.136. The zero-order valence-electron chi connectivity index (χ0n) is 21.0. The van der Waals surface area contributed by atoms with Crippen LogP contribution in [0.2, 0.25) is 0 Å². The molecule has 3 fully saturated rings. The maximum atomic E-state index is 12.8. The highest BCUT2D eigenvalue weighted by molar-refractivity contribution is 6.27. The molecule has 2 heterocycles. The van der Waals surface area contributed by atoms with E-state index < -0.39 is 11.9 Å². The van der Waals surface area contributed by atoms with Crippen LogP contribution in [0.15, 0.2) is 46.8 Å². The van der Waals surface area contributed by atoms with Gasteiger partial charge >= 0.3 is 0 Å². The number of carbonyl (C=O) groups is 3. The minimum Gasteiger partial charge on any atom is -0.507 e. The highest BCUT2D eigenvalue weighted by atomic mass is 16.3. The Balaban J connectivity index is 1.45. The normalized spacial score (nSPS) is 37.1. The van der Waals surface area contributed by atoms with Crippen molar-refractivity contribution in [3.8, 4) is 0 Å². The molecular weight excluding hydrogens is 456 g/mol. The van der Waals surface area contributed by atoms with Gasteiger partial charge in [0.2, 0.25) is 5.91 Å². The second kappa shape index (κ2) is 10.4. The predicted molar refractivity (Wildman–Crippen MR) is 136 cm³/mol. The maximum Gasteiger partial charge on any atom is 0.259 e. The fraction of sp³-hybridized carbons (Fsp3) is 0.621. The van der Waals surface area contributed by atoms with Gasteiger partial charge in [0.25, 0.3) is 5.91 Å². The van der Waals surface area contributed by atoms with Crippen LogP contribution < -0.4 is 10.6 Å². The SMILES string of the molecule is CCC1=C(CO)C2C(C1)CC1C3CC=CC(=O)NCCCC4NC(=O)C(=C(O)C=CC3CCC12)C4=O. The summed E-state index contributed by atoms with van der Waals surface area (Å²) in [5.74, 6) is 1.23. The summed E-state index contributed by atoms with van der Waals surface area (Å²) in [7, 11) is 0. The van der Waals surface area contributed by atoms with E-state index in [0.29, 0.717) is 49.0 Å². The van der Waals surface area contributed by atoms with Gasteiger partial charge in [0, 0.05) is 6.54 Å². The van der Waals surface area contributed by atoms with Gasteiger partial charge in [-0.25, -0.2) is 0 Å². The van der Waals surface area contributed by atoms with Crippen molar-refractivity contribution >= 4 is 17.6 Å². The Morgan fingerprint density at radius 1 is 1.06 bits per heavy atom.